The van der Waals surface area contributed by atoms with Gasteiger partial charge in [-0.15, -0.1) is 0 Å². The lowest BCUT2D eigenvalue weighted by atomic mass is 10.0. The Bertz CT molecular complexity index is 556. The fraction of sp³-hybridized carbons (Fsp3) is 0.308. The van der Waals surface area contributed by atoms with Gasteiger partial charge in [0.1, 0.15) is 5.82 Å². The molecule has 0 unspecified atom stereocenters. The van der Waals surface area contributed by atoms with Gasteiger partial charge in [0.05, 0.1) is 25.5 Å². The summed E-state index contributed by atoms with van der Waals surface area (Å²) < 4.78 is 12.4. The van der Waals surface area contributed by atoms with Crippen molar-refractivity contribution in [2.45, 2.75) is 6.92 Å². The van der Waals surface area contributed by atoms with Crippen LogP contribution in [0.3, 0.4) is 0 Å². The minimum absolute atomic E-state index is 0.606. The number of methoxy groups -OCH3 is 2. The van der Waals surface area contributed by atoms with Crippen LogP contribution in [0, 0.1) is 6.92 Å². The van der Waals surface area contributed by atoms with Crippen molar-refractivity contribution in [2.24, 2.45) is 7.05 Å². The molecule has 0 fully saturated rings. The first kappa shape index (κ1) is 12.3. The molecule has 1 aromatic carbocycles. The Morgan fingerprint density at radius 1 is 1.22 bits per heavy atom. The first-order valence-corrected chi connectivity index (χ1v) is 5.60. The van der Waals surface area contributed by atoms with Crippen molar-refractivity contribution in [3.8, 4) is 22.8 Å². The normalized spacial score (nSPS) is 10.4. The topological polar surface area (TPSA) is 62.3 Å². The zero-order chi connectivity index (χ0) is 13.3. The van der Waals surface area contributed by atoms with E-state index in [1.165, 1.54) is 0 Å². The predicted molar refractivity (Wildman–Crippen MR) is 70.9 cm³/mol. The maximum Gasteiger partial charge on any atom is 0.170 e. The lowest BCUT2D eigenvalue weighted by Gasteiger charge is -2.13. The number of hydrogen-bond donors (Lipinski definition) is 1. The molecule has 0 saturated heterocycles. The summed E-state index contributed by atoms with van der Waals surface area (Å²) in [5.41, 5.74) is 8.57. The summed E-state index contributed by atoms with van der Waals surface area (Å²) >= 11 is 0. The first-order chi connectivity index (χ1) is 8.58. The number of nitrogens with zero attached hydrogens (tertiary/aromatic N) is 2. The number of ether oxygens (including phenoxy) is 2. The molecule has 0 aliphatic carbocycles. The van der Waals surface area contributed by atoms with Crippen molar-refractivity contribution in [1.82, 2.24) is 9.78 Å². The van der Waals surface area contributed by atoms with Gasteiger partial charge < -0.3 is 15.2 Å². The fourth-order valence-electron chi connectivity index (χ4n) is 1.95. The lowest BCUT2D eigenvalue weighted by molar-refractivity contribution is 0.356. The molecule has 2 rings (SSSR count). The van der Waals surface area contributed by atoms with Crippen LogP contribution in [0.25, 0.3) is 11.3 Å². The molecule has 0 aliphatic rings. The largest absolute Gasteiger partial charge is 0.493 e. The lowest BCUT2D eigenvalue weighted by Crippen LogP contribution is -1.98. The summed E-state index contributed by atoms with van der Waals surface area (Å²) in [5, 5.41) is 4.38. The Labute approximate surface area is 106 Å². The molecule has 2 aromatic rings. The van der Waals surface area contributed by atoms with Gasteiger partial charge in [-0.2, -0.15) is 5.10 Å². The number of benzene rings is 1. The number of aromatic nitrogens is 2. The third kappa shape index (κ3) is 1.88. The third-order valence-corrected chi connectivity index (χ3v) is 2.93. The van der Waals surface area contributed by atoms with Crippen LogP contribution in [-0.4, -0.2) is 24.0 Å². The van der Waals surface area contributed by atoms with E-state index >= 15 is 0 Å². The molecule has 0 spiro atoms. The van der Waals surface area contributed by atoms with Gasteiger partial charge in [-0.1, -0.05) is 6.07 Å². The van der Waals surface area contributed by atoms with Crippen molar-refractivity contribution < 1.29 is 9.47 Å². The number of hydrogen-bond acceptors (Lipinski definition) is 4. The second-order valence-electron chi connectivity index (χ2n) is 4.07. The van der Waals surface area contributed by atoms with Crippen LogP contribution in [0.15, 0.2) is 18.2 Å². The van der Waals surface area contributed by atoms with Gasteiger partial charge >= 0.3 is 0 Å². The van der Waals surface area contributed by atoms with Gasteiger partial charge in [0.25, 0.3) is 0 Å². The Hall–Kier alpha value is -2.17. The zero-order valence-electron chi connectivity index (χ0n) is 11.0. The highest BCUT2D eigenvalue weighted by atomic mass is 16.5. The summed E-state index contributed by atoms with van der Waals surface area (Å²) in [5.74, 6) is 1.96. The molecular formula is C13H17N3O2. The Morgan fingerprint density at radius 3 is 2.44 bits per heavy atom. The number of anilines is 1. The molecule has 0 radical (unpaired) electrons. The summed E-state index contributed by atoms with van der Waals surface area (Å²) in [7, 11) is 5.04. The highest BCUT2D eigenvalue weighted by Crippen LogP contribution is 2.40. The van der Waals surface area contributed by atoms with E-state index in [2.05, 4.69) is 5.10 Å². The molecular weight excluding hydrogens is 230 g/mol. The Balaban J connectivity index is 2.68. The van der Waals surface area contributed by atoms with E-state index < -0.39 is 0 Å². The van der Waals surface area contributed by atoms with Crippen molar-refractivity contribution in [3.63, 3.8) is 0 Å². The Kier molecular flexibility index (Phi) is 3.14. The summed E-state index contributed by atoms with van der Waals surface area (Å²) in [6.45, 7) is 2.00. The van der Waals surface area contributed by atoms with Crippen molar-refractivity contribution in [1.29, 1.82) is 0 Å². The number of nitrogen functional groups attached to an aromatic ring is 1. The highest BCUT2D eigenvalue weighted by molar-refractivity contribution is 5.75. The standard InChI is InChI=1S/C13H17N3O2/c1-8-5-6-10(17-3)13(18-4)12(8)9-7-11(14)16(2)15-9/h5-7H,14H2,1-4H3. The van der Waals surface area contributed by atoms with Crippen LogP contribution in [0.4, 0.5) is 5.82 Å². The molecule has 0 amide bonds. The molecule has 0 aliphatic heterocycles. The average Bonchev–Trinajstić information content (AvgIpc) is 2.68. The molecule has 0 saturated carbocycles. The highest BCUT2D eigenvalue weighted by Gasteiger charge is 2.17. The third-order valence-electron chi connectivity index (χ3n) is 2.93. The number of nitrogens with two attached hydrogens (primary N) is 1. The second kappa shape index (κ2) is 4.60. The van der Waals surface area contributed by atoms with Gasteiger partial charge in [0.2, 0.25) is 0 Å². The van der Waals surface area contributed by atoms with Crippen LogP contribution in [-0.2, 0) is 7.05 Å². The van der Waals surface area contributed by atoms with E-state index in [4.69, 9.17) is 15.2 Å². The van der Waals surface area contributed by atoms with Gasteiger partial charge in [-0.3, -0.25) is 4.68 Å². The van der Waals surface area contributed by atoms with E-state index in [1.54, 1.807) is 25.9 Å². The van der Waals surface area contributed by atoms with Gasteiger partial charge in [-0.05, 0) is 18.6 Å². The summed E-state index contributed by atoms with van der Waals surface area (Å²) in [6.07, 6.45) is 0. The van der Waals surface area contributed by atoms with Crippen LogP contribution in [0.2, 0.25) is 0 Å². The van der Waals surface area contributed by atoms with Crippen LogP contribution in [0.1, 0.15) is 5.56 Å². The van der Waals surface area contributed by atoms with E-state index in [9.17, 15) is 0 Å². The zero-order valence-corrected chi connectivity index (χ0v) is 11.0. The molecule has 5 nitrogen and oxygen atoms in total. The molecule has 0 atom stereocenters. The van der Waals surface area contributed by atoms with Crippen LogP contribution in [0.5, 0.6) is 11.5 Å². The van der Waals surface area contributed by atoms with E-state index in [-0.39, 0.29) is 0 Å². The maximum absolute atomic E-state index is 5.82. The van der Waals surface area contributed by atoms with Gasteiger partial charge in [0.15, 0.2) is 11.5 Å². The molecule has 96 valence electrons. The summed E-state index contributed by atoms with van der Waals surface area (Å²) in [4.78, 5) is 0. The molecule has 0 bridgehead atoms. The predicted octanol–water partition coefficient (Wildman–Crippen LogP) is 1.99. The van der Waals surface area contributed by atoms with E-state index in [0.29, 0.717) is 17.3 Å². The summed E-state index contributed by atoms with van der Waals surface area (Å²) in [6, 6.07) is 5.68. The van der Waals surface area contributed by atoms with Crippen LogP contribution < -0.4 is 15.2 Å². The smallest absolute Gasteiger partial charge is 0.170 e. The average molecular weight is 247 g/mol. The first-order valence-electron chi connectivity index (χ1n) is 5.60. The van der Waals surface area contributed by atoms with Crippen molar-refractivity contribution >= 4 is 5.82 Å². The number of aryl methyl sites for hydroxylation is 2. The quantitative estimate of drug-likeness (QED) is 0.901. The van der Waals surface area contributed by atoms with Crippen LogP contribution >= 0.6 is 0 Å². The monoisotopic (exact) mass is 247 g/mol. The molecule has 1 heterocycles. The Morgan fingerprint density at radius 2 is 1.94 bits per heavy atom. The van der Waals surface area contributed by atoms with Gasteiger partial charge in [0, 0.05) is 13.1 Å². The van der Waals surface area contributed by atoms with Crippen molar-refractivity contribution in [3.05, 3.63) is 23.8 Å². The van der Waals surface area contributed by atoms with E-state index in [0.717, 1.165) is 16.8 Å². The molecule has 1 aromatic heterocycles. The second-order valence-corrected chi connectivity index (χ2v) is 4.07. The van der Waals surface area contributed by atoms with Crippen molar-refractivity contribution in [2.75, 3.05) is 20.0 Å². The minimum Gasteiger partial charge on any atom is -0.493 e. The molecule has 5 heteroatoms. The minimum atomic E-state index is 0.606. The fourth-order valence-corrected chi connectivity index (χ4v) is 1.95. The maximum atomic E-state index is 5.82. The molecule has 18 heavy (non-hydrogen) atoms. The van der Waals surface area contributed by atoms with Gasteiger partial charge in [-0.25, -0.2) is 0 Å². The SMILES string of the molecule is COc1ccc(C)c(-c2cc(N)n(C)n2)c1OC. The molecule has 2 N–H and O–H groups in total. The number of rotatable bonds is 3. The van der Waals surface area contributed by atoms with E-state index in [1.807, 2.05) is 25.1 Å².